The Labute approximate surface area is 116 Å². The fraction of sp³-hybridized carbons (Fsp3) is 0.357. The first kappa shape index (κ1) is 14.0. The number of rotatable bonds is 4. The molecule has 0 saturated carbocycles. The summed E-state index contributed by atoms with van der Waals surface area (Å²) in [6.45, 7) is 4.32. The van der Waals surface area contributed by atoms with Crippen molar-refractivity contribution in [2.24, 2.45) is 5.73 Å². The van der Waals surface area contributed by atoms with Crippen LogP contribution in [0.1, 0.15) is 29.8 Å². The van der Waals surface area contributed by atoms with E-state index in [-0.39, 0.29) is 11.9 Å². The van der Waals surface area contributed by atoms with Crippen LogP contribution in [0.5, 0.6) is 0 Å². The summed E-state index contributed by atoms with van der Waals surface area (Å²) >= 11 is 1.57. The Hall–Kier alpha value is -1.46. The van der Waals surface area contributed by atoms with Crippen LogP contribution < -0.4 is 10.6 Å². The van der Waals surface area contributed by atoms with Gasteiger partial charge >= 0.3 is 0 Å². The van der Waals surface area contributed by atoms with Crippen molar-refractivity contribution in [2.75, 3.05) is 11.9 Å². The van der Waals surface area contributed by atoms with Crippen molar-refractivity contribution in [3.8, 4) is 0 Å². The number of benzene rings is 1. The molecule has 102 valence electrons. The van der Waals surface area contributed by atoms with Crippen LogP contribution in [0.3, 0.4) is 0 Å². The molecule has 0 unspecified atom stereocenters. The molecule has 1 atom stereocenters. The molecule has 0 bridgehead atoms. The fourth-order valence-corrected chi connectivity index (χ4v) is 2.57. The number of anilines is 1. The van der Waals surface area contributed by atoms with Crippen molar-refractivity contribution in [3.05, 3.63) is 45.7 Å². The quantitative estimate of drug-likeness (QED) is 0.934. The van der Waals surface area contributed by atoms with Gasteiger partial charge < -0.3 is 10.6 Å². The van der Waals surface area contributed by atoms with Gasteiger partial charge in [-0.15, -0.1) is 11.3 Å². The van der Waals surface area contributed by atoms with Gasteiger partial charge in [0.1, 0.15) is 5.82 Å². The standard InChI is InChI=1S/C14H18FN3S/c1-9-4-14(12(10(2)16)5-13(9)15)18(3)6-11-7-19-8-17-11/h4-5,7-8,10H,6,16H2,1-3H3/t10-/m1/s1. The van der Waals surface area contributed by atoms with Gasteiger partial charge in [-0.3, -0.25) is 0 Å². The smallest absolute Gasteiger partial charge is 0.126 e. The summed E-state index contributed by atoms with van der Waals surface area (Å²) in [7, 11) is 1.97. The second-order valence-corrected chi connectivity index (χ2v) is 5.50. The number of nitrogens with zero attached hydrogens (tertiary/aromatic N) is 2. The van der Waals surface area contributed by atoms with Crippen molar-refractivity contribution in [2.45, 2.75) is 26.4 Å². The van der Waals surface area contributed by atoms with E-state index in [9.17, 15) is 4.39 Å². The van der Waals surface area contributed by atoms with Gasteiger partial charge in [-0.25, -0.2) is 9.37 Å². The molecule has 0 aliphatic heterocycles. The Morgan fingerprint density at radius 3 is 2.79 bits per heavy atom. The lowest BCUT2D eigenvalue weighted by molar-refractivity contribution is 0.612. The Kier molecular flexibility index (Phi) is 4.17. The van der Waals surface area contributed by atoms with Crippen LogP contribution in [-0.4, -0.2) is 12.0 Å². The average molecular weight is 279 g/mol. The minimum absolute atomic E-state index is 0.206. The molecule has 1 aromatic heterocycles. The fourth-order valence-electron chi connectivity index (χ4n) is 2.02. The lowest BCUT2D eigenvalue weighted by atomic mass is 10.0. The van der Waals surface area contributed by atoms with Crippen molar-refractivity contribution in [3.63, 3.8) is 0 Å². The first-order chi connectivity index (χ1) is 8.99. The lowest BCUT2D eigenvalue weighted by Gasteiger charge is -2.24. The highest BCUT2D eigenvalue weighted by molar-refractivity contribution is 7.07. The zero-order valence-electron chi connectivity index (χ0n) is 11.4. The second kappa shape index (κ2) is 5.67. The first-order valence-electron chi connectivity index (χ1n) is 6.13. The Bertz CT molecular complexity index is 552. The Morgan fingerprint density at radius 2 is 2.21 bits per heavy atom. The monoisotopic (exact) mass is 279 g/mol. The maximum atomic E-state index is 13.7. The van der Waals surface area contributed by atoms with Crippen LogP contribution in [0.25, 0.3) is 0 Å². The normalized spacial score (nSPS) is 12.5. The summed E-state index contributed by atoms with van der Waals surface area (Å²) in [5.74, 6) is -0.210. The highest BCUT2D eigenvalue weighted by Crippen LogP contribution is 2.28. The molecule has 5 heteroatoms. The third-order valence-electron chi connectivity index (χ3n) is 3.09. The summed E-state index contributed by atoms with van der Waals surface area (Å²) in [4.78, 5) is 6.32. The molecule has 19 heavy (non-hydrogen) atoms. The Balaban J connectivity index is 2.34. The molecule has 2 rings (SSSR count). The van der Waals surface area contributed by atoms with Gasteiger partial charge in [0.15, 0.2) is 0 Å². The van der Waals surface area contributed by atoms with E-state index in [1.165, 1.54) is 6.07 Å². The van der Waals surface area contributed by atoms with E-state index in [1.807, 2.05) is 30.9 Å². The maximum Gasteiger partial charge on any atom is 0.126 e. The summed E-state index contributed by atoms with van der Waals surface area (Å²) < 4.78 is 13.7. The molecule has 1 heterocycles. The third-order valence-corrected chi connectivity index (χ3v) is 3.73. The number of nitrogens with two attached hydrogens (primary N) is 1. The zero-order chi connectivity index (χ0) is 14.0. The number of aromatic nitrogens is 1. The van der Waals surface area contributed by atoms with Crippen molar-refractivity contribution in [1.82, 2.24) is 4.98 Å². The maximum absolute atomic E-state index is 13.7. The summed E-state index contributed by atoms with van der Waals surface area (Å²) in [6.07, 6.45) is 0. The van der Waals surface area contributed by atoms with Crippen LogP contribution in [0, 0.1) is 12.7 Å². The molecule has 0 fully saturated rings. The molecule has 0 radical (unpaired) electrons. The highest BCUT2D eigenvalue weighted by atomic mass is 32.1. The summed E-state index contributed by atoms with van der Waals surface area (Å²) in [5, 5.41) is 2.01. The third kappa shape index (κ3) is 3.11. The number of halogens is 1. The predicted octanol–water partition coefficient (Wildman–Crippen LogP) is 3.25. The molecule has 0 saturated heterocycles. The second-order valence-electron chi connectivity index (χ2n) is 4.78. The highest BCUT2D eigenvalue weighted by Gasteiger charge is 2.14. The number of hydrogen-bond acceptors (Lipinski definition) is 4. The first-order valence-corrected chi connectivity index (χ1v) is 7.07. The largest absolute Gasteiger partial charge is 0.368 e. The van der Waals surface area contributed by atoms with Crippen molar-refractivity contribution in [1.29, 1.82) is 0 Å². The van der Waals surface area contributed by atoms with Crippen LogP contribution >= 0.6 is 11.3 Å². The van der Waals surface area contributed by atoms with Gasteiger partial charge in [0.05, 0.1) is 17.7 Å². The molecular formula is C14H18FN3S. The molecular weight excluding hydrogens is 261 g/mol. The van der Waals surface area contributed by atoms with Crippen LogP contribution in [0.2, 0.25) is 0 Å². The van der Waals surface area contributed by atoms with Gasteiger partial charge in [0, 0.05) is 24.2 Å². The number of aryl methyl sites for hydroxylation is 1. The van der Waals surface area contributed by atoms with E-state index in [0.29, 0.717) is 12.1 Å². The molecule has 3 nitrogen and oxygen atoms in total. The SMILES string of the molecule is Cc1cc(N(C)Cc2cscn2)c([C@@H](C)N)cc1F. The molecule has 2 N–H and O–H groups in total. The minimum Gasteiger partial charge on any atom is -0.368 e. The minimum atomic E-state index is -0.210. The van der Waals surface area contributed by atoms with Crippen LogP contribution in [0.15, 0.2) is 23.0 Å². The van der Waals surface area contributed by atoms with Gasteiger partial charge in [-0.2, -0.15) is 0 Å². The average Bonchev–Trinajstić information content (AvgIpc) is 2.84. The van der Waals surface area contributed by atoms with Crippen LogP contribution in [0.4, 0.5) is 10.1 Å². The predicted molar refractivity (Wildman–Crippen MR) is 78.0 cm³/mol. The molecule has 0 aliphatic rings. The lowest BCUT2D eigenvalue weighted by Crippen LogP contribution is -2.21. The van der Waals surface area contributed by atoms with E-state index < -0.39 is 0 Å². The molecule has 1 aromatic carbocycles. The van der Waals surface area contributed by atoms with Gasteiger partial charge in [-0.1, -0.05) is 0 Å². The van der Waals surface area contributed by atoms with Gasteiger partial charge in [0.2, 0.25) is 0 Å². The molecule has 0 aliphatic carbocycles. The van der Waals surface area contributed by atoms with Gasteiger partial charge in [0.25, 0.3) is 0 Å². The topological polar surface area (TPSA) is 42.2 Å². The van der Waals surface area contributed by atoms with Crippen LogP contribution in [-0.2, 0) is 6.54 Å². The number of hydrogen-bond donors (Lipinski definition) is 1. The molecule has 0 amide bonds. The number of thiazole rings is 1. The van der Waals surface area contributed by atoms with E-state index in [0.717, 1.165) is 16.9 Å². The van der Waals surface area contributed by atoms with E-state index in [2.05, 4.69) is 9.88 Å². The van der Waals surface area contributed by atoms with Crippen molar-refractivity contribution >= 4 is 17.0 Å². The van der Waals surface area contributed by atoms with E-state index >= 15 is 0 Å². The van der Waals surface area contributed by atoms with Crippen molar-refractivity contribution < 1.29 is 4.39 Å². The molecule has 0 spiro atoms. The summed E-state index contributed by atoms with van der Waals surface area (Å²) in [6, 6.07) is 3.18. The summed E-state index contributed by atoms with van der Waals surface area (Å²) in [5.41, 5.74) is 11.2. The van der Waals surface area contributed by atoms with E-state index in [4.69, 9.17) is 5.73 Å². The Morgan fingerprint density at radius 1 is 1.47 bits per heavy atom. The van der Waals surface area contributed by atoms with E-state index in [1.54, 1.807) is 18.3 Å². The molecule has 2 aromatic rings. The zero-order valence-corrected chi connectivity index (χ0v) is 12.2. The van der Waals surface area contributed by atoms with Gasteiger partial charge in [-0.05, 0) is 37.1 Å².